The molecule has 0 fully saturated rings. The number of oxime groups is 1. The molecule has 0 unspecified atom stereocenters. The Morgan fingerprint density at radius 1 is 1.10 bits per heavy atom. The minimum Gasteiger partial charge on any atom is -0.409 e. The van der Waals surface area contributed by atoms with Crippen molar-refractivity contribution in [2.75, 3.05) is 5.32 Å². The van der Waals surface area contributed by atoms with Gasteiger partial charge in [0.1, 0.15) is 0 Å². The van der Waals surface area contributed by atoms with Gasteiger partial charge in [-0.2, -0.15) is 0 Å². The highest BCUT2D eigenvalue weighted by molar-refractivity contribution is 6.44. The molecule has 0 heterocycles. The zero-order valence-corrected chi connectivity index (χ0v) is 12.2. The largest absolute Gasteiger partial charge is 0.409 e. The number of amidine groups is 1. The predicted octanol–water partition coefficient (Wildman–Crippen LogP) is 3.34. The maximum absolute atomic E-state index is 12.3. The standard InChI is InChI=1S/C14H11Cl2N3O2/c15-10-6-3-5-9(12(10)16)14(20)18-11-7-2-1-4-8(11)13(17)19-21/h1-7,21H,(H2,17,19)(H,18,20). The molecule has 7 heteroatoms. The molecule has 2 aromatic rings. The van der Waals surface area contributed by atoms with Crippen LogP contribution < -0.4 is 11.1 Å². The Morgan fingerprint density at radius 2 is 1.76 bits per heavy atom. The van der Waals surface area contributed by atoms with Gasteiger partial charge in [-0.15, -0.1) is 0 Å². The third-order valence-electron chi connectivity index (χ3n) is 2.76. The first-order valence-corrected chi connectivity index (χ1v) is 6.62. The Morgan fingerprint density at radius 3 is 2.48 bits per heavy atom. The molecule has 0 saturated heterocycles. The lowest BCUT2D eigenvalue weighted by molar-refractivity contribution is 0.102. The van der Waals surface area contributed by atoms with Crippen LogP contribution in [0.4, 0.5) is 5.69 Å². The lowest BCUT2D eigenvalue weighted by Gasteiger charge is -2.11. The molecule has 0 atom stereocenters. The van der Waals surface area contributed by atoms with Crippen LogP contribution in [0.25, 0.3) is 0 Å². The number of nitrogens with two attached hydrogens (primary N) is 1. The number of halogens is 2. The van der Waals surface area contributed by atoms with Gasteiger partial charge in [-0.1, -0.05) is 46.6 Å². The number of anilines is 1. The van der Waals surface area contributed by atoms with Crippen LogP contribution in [0.15, 0.2) is 47.6 Å². The van der Waals surface area contributed by atoms with E-state index in [1.54, 1.807) is 42.5 Å². The number of para-hydroxylation sites is 1. The molecule has 21 heavy (non-hydrogen) atoms. The van der Waals surface area contributed by atoms with Gasteiger partial charge >= 0.3 is 0 Å². The third kappa shape index (κ3) is 3.26. The van der Waals surface area contributed by atoms with E-state index in [0.717, 1.165) is 0 Å². The van der Waals surface area contributed by atoms with E-state index in [9.17, 15) is 4.79 Å². The lowest BCUT2D eigenvalue weighted by Crippen LogP contribution is -2.19. The molecule has 0 aliphatic carbocycles. The average molecular weight is 324 g/mol. The molecule has 0 aromatic heterocycles. The van der Waals surface area contributed by atoms with Crippen LogP contribution in [0.5, 0.6) is 0 Å². The Labute approximate surface area is 131 Å². The highest BCUT2D eigenvalue weighted by Gasteiger charge is 2.15. The summed E-state index contributed by atoms with van der Waals surface area (Å²) in [5, 5.41) is 14.8. The fraction of sp³-hybridized carbons (Fsp3) is 0. The quantitative estimate of drug-likeness (QED) is 0.350. The van der Waals surface area contributed by atoms with E-state index in [1.807, 2.05) is 0 Å². The number of carbonyl (C=O) groups is 1. The van der Waals surface area contributed by atoms with Crippen molar-refractivity contribution in [3.63, 3.8) is 0 Å². The number of nitrogens with one attached hydrogen (secondary N) is 1. The van der Waals surface area contributed by atoms with E-state index in [4.69, 9.17) is 34.1 Å². The van der Waals surface area contributed by atoms with Crippen molar-refractivity contribution >= 4 is 40.6 Å². The number of nitrogens with zero attached hydrogens (tertiary/aromatic N) is 1. The van der Waals surface area contributed by atoms with Crippen molar-refractivity contribution in [3.8, 4) is 0 Å². The smallest absolute Gasteiger partial charge is 0.257 e. The van der Waals surface area contributed by atoms with Gasteiger partial charge in [0.15, 0.2) is 5.84 Å². The van der Waals surface area contributed by atoms with Crippen molar-refractivity contribution < 1.29 is 10.0 Å². The van der Waals surface area contributed by atoms with E-state index in [1.165, 1.54) is 0 Å². The molecule has 0 spiro atoms. The minimum atomic E-state index is -0.444. The van der Waals surface area contributed by atoms with Gasteiger partial charge < -0.3 is 16.3 Å². The van der Waals surface area contributed by atoms with Crippen LogP contribution in [-0.2, 0) is 0 Å². The topological polar surface area (TPSA) is 87.7 Å². The van der Waals surface area contributed by atoms with E-state index >= 15 is 0 Å². The molecule has 0 radical (unpaired) electrons. The van der Waals surface area contributed by atoms with E-state index < -0.39 is 5.91 Å². The fourth-order valence-corrected chi connectivity index (χ4v) is 2.12. The van der Waals surface area contributed by atoms with Crippen LogP contribution in [0.2, 0.25) is 10.0 Å². The van der Waals surface area contributed by atoms with Crippen LogP contribution in [0.1, 0.15) is 15.9 Å². The summed E-state index contributed by atoms with van der Waals surface area (Å²) in [6.07, 6.45) is 0. The van der Waals surface area contributed by atoms with Gasteiger partial charge in [-0.3, -0.25) is 4.79 Å². The van der Waals surface area contributed by atoms with Crippen molar-refractivity contribution in [2.45, 2.75) is 0 Å². The van der Waals surface area contributed by atoms with Crippen molar-refractivity contribution in [3.05, 3.63) is 63.6 Å². The van der Waals surface area contributed by atoms with Crippen molar-refractivity contribution in [1.29, 1.82) is 0 Å². The van der Waals surface area contributed by atoms with E-state index in [2.05, 4.69) is 10.5 Å². The van der Waals surface area contributed by atoms with Crippen LogP contribution in [0, 0.1) is 0 Å². The molecule has 5 nitrogen and oxygen atoms in total. The molecule has 0 bridgehead atoms. The zero-order valence-electron chi connectivity index (χ0n) is 10.7. The SMILES string of the molecule is N/C(=N/O)c1ccccc1NC(=O)c1cccc(Cl)c1Cl. The van der Waals surface area contributed by atoms with Gasteiger partial charge in [0.25, 0.3) is 5.91 Å². The first kappa shape index (κ1) is 15.2. The summed E-state index contributed by atoms with van der Waals surface area (Å²) < 4.78 is 0. The summed E-state index contributed by atoms with van der Waals surface area (Å²) in [4.78, 5) is 12.3. The summed E-state index contributed by atoms with van der Waals surface area (Å²) in [5.41, 5.74) is 6.59. The Hall–Kier alpha value is -2.24. The summed E-state index contributed by atoms with van der Waals surface area (Å²) in [7, 11) is 0. The van der Waals surface area contributed by atoms with Crippen LogP contribution >= 0.6 is 23.2 Å². The maximum Gasteiger partial charge on any atom is 0.257 e. The average Bonchev–Trinajstić information content (AvgIpc) is 2.49. The second kappa shape index (κ2) is 6.47. The number of carbonyl (C=O) groups excluding carboxylic acids is 1. The molecule has 0 saturated carbocycles. The third-order valence-corrected chi connectivity index (χ3v) is 3.57. The molecule has 1 amide bonds. The van der Waals surface area contributed by atoms with Crippen LogP contribution in [0.3, 0.4) is 0 Å². The van der Waals surface area contributed by atoms with Gasteiger partial charge in [-0.05, 0) is 24.3 Å². The number of amides is 1. The molecule has 2 aromatic carbocycles. The monoisotopic (exact) mass is 323 g/mol. The molecular formula is C14H11Cl2N3O2. The number of rotatable bonds is 3. The maximum atomic E-state index is 12.3. The van der Waals surface area contributed by atoms with Gasteiger partial charge in [0, 0.05) is 5.56 Å². The highest BCUT2D eigenvalue weighted by atomic mass is 35.5. The Bertz CT molecular complexity index is 717. The number of hydrogen-bond acceptors (Lipinski definition) is 3. The molecule has 2 rings (SSSR count). The van der Waals surface area contributed by atoms with Gasteiger partial charge in [0.05, 0.1) is 21.3 Å². The summed E-state index contributed by atoms with van der Waals surface area (Å²) in [5.74, 6) is -0.552. The Balaban J connectivity index is 2.35. The first-order valence-electron chi connectivity index (χ1n) is 5.87. The van der Waals surface area contributed by atoms with E-state index in [0.29, 0.717) is 11.3 Å². The minimum absolute atomic E-state index is 0.108. The summed E-state index contributed by atoms with van der Waals surface area (Å²) in [6.45, 7) is 0. The van der Waals surface area contributed by atoms with Crippen LogP contribution in [-0.4, -0.2) is 17.0 Å². The van der Waals surface area contributed by atoms with E-state index in [-0.39, 0.29) is 21.4 Å². The molecular weight excluding hydrogens is 313 g/mol. The number of benzene rings is 2. The van der Waals surface area contributed by atoms with Gasteiger partial charge in [-0.25, -0.2) is 0 Å². The van der Waals surface area contributed by atoms with Crippen molar-refractivity contribution in [2.24, 2.45) is 10.9 Å². The van der Waals surface area contributed by atoms with Gasteiger partial charge in [0.2, 0.25) is 0 Å². The number of hydrogen-bond donors (Lipinski definition) is 3. The Kier molecular flexibility index (Phi) is 4.67. The predicted molar refractivity (Wildman–Crippen MR) is 83.4 cm³/mol. The highest BCUT2D eigenvalue weighted by Crippen LogP contribution is 2.26. The summed E-state index contributed by atoms with van der Waals surface area (Å²) >= 11 is 11.9. The molecule has 0 aliphatic heterocycles. The van der Waals surface area contributed by atoms with Crippen molar-refractivity contribution in [1.82, 2.24) is 0 Å². The lowest BCUT2D eigenvalue weighted by atomic mass is 10.1. The zero-order chi connectivity index (χ0) is 15.4. The molecule has 108 valence electrons. The first-order chi connectivity index (χ1) is 10.0. The second-order valence-corrected chi connectivity index (χ2v) is 4.87. The molecule has 4 N–H and O–H groups in total. The second-order valence-electron chi connectivity index (χ2n) is 4.09. The summed E-state index contributed by atoms with van der Waals surface area (Å²) in [6, 6.07) is 11.4. The normalized spacial score (nSPS) is 11.2. The molecule has 0 aliphatic rings. The fourth-order valence-electron chi connectivity index (χ4n) is 1.74.